The highest BCUT2D eigenvalue weighted by atomic mass is 16.7. The molecule has 1 aromatic rings. The Morgan fingerprint density at radius 1 is 0.889 bits per heavy atom. The third kappa shape index (κ3) is 4.82. The van der Waals surface area contributed by atoms with Crippen molar-refractivity contribution in [2.45, 2.75) is 51.4 Å². The molecule has 3 rings (SSSR count). The summed E-state index contributed by atoms with van der Waals surface area (Å²) in [7, 11) is 1.91. The molecule has 1 aromatic carbocycles. The maximum absolute atomic E-state index is 5.92. The third-order valence-electron chi connectivity index (χ3n) is 5.10. The molecule has 0 spiro atoms. The fourth-order valence-corrected chi connectivity index (χ4v) is 3.41. The minimum absolute atomic E-state index is 0.0490. The van der Waals surface area contributed by atoms with Gasteiger partial charge in [0.1, 0.15) is 0 Å². The lowest BCUT2D eigenvalue weighted by atomic mass is 10.1. The maximum atomic E-state index is 5.92. The largest absolute Gasteiger partial charge is 0.388 e. The lowest BCUT2D eigenvalue weighted by molar-refractivity contribution is -0.281. The van der Waals surface area contributed by atoms with E-state index >= 15 is 0 Å². The Morgan fingerprint density at radius 2 is 1.30 bits per heavy atom. The molecule has 2 aliphatic heterocycles. The first kappa shape index (κ1) is 20.1. The van der Waals surface area contributed by atoms with Gasteiger partial charge < -0.3 is 29.2 Å². The predicted octanol–water partition coefficient (Wildman–Crippen LogP) is 3.30. The molecular formula is C21H32N2O4. The molecule has 0 unspecified atom stereocenters. The normalized spacial score (nSPS) is 23.0. The predicted molar refractivity (Wildman–Crippen MR) is 106 cm³/mol. The molecule has 0 radical (unpaired) electrons. The Hall–Kier alpha value is -1.60. The van der Waals surface area contributed by atoms with Crippen LogP contribution in [0.3, 0.4) is 0 Å². The summed E-state index contributed by atoms with van der Waals surface area (Å²) >= 11 is 0. The summed E-state index contributed by atoms with van der Waals surface area (Å²) in [5.41, 5.74) is 3.05. The van der Waals surface area contributed by atoms with Crippen molar-refractivity contribution in [3.05, 3.63) is 36.4 Å². The number of nitrogens with one attached hydrogen (secondary N) is 1. The summed E-state index contributed by atoms with van der Waals surface area (Å²) in [6.07, 6.45) is 0. The highest BCUT2D eigenvalue weighted by Crippen LogP contribution is 2.31. The number of hydrogen-bond donors (Lipinski definition) is 1. The molecule has 1 N–H and O–H groups in total. The van der Waals surface area contributed by atoms with Gasteiger partial charge >= 0.3 is 0 Å². The zero-order valence-corrected chi connectivity index (χ0v) is 17.1. The van der Waals surface area contributed by atoms with Crippen LogP contribution in [0, 0.1) is 0 Å². The van der Waals surface area contributed by atoms with Crippen molar-refractivity contribution in [3.63, 3.8) is 0 Å². The zero-order chi connectivity index (χ0) is 19.7. The Kier molecular flexibility index (Phi) is 5.82. The Morgan fingerprint density at radius 3 is 1.67 bits per heavy atom. The molecule has 2 heterocycles. The van der Waals surface area contributed by atoms with Crippen LogP contribution in [0.2, 0.25) is 0 Å². The van der Waals surface area contributed by atoms with E-state index in [-0.39, 0.29) is 12.1 Å². The molecule has 2 aliphatic rings. The summed E-state index contributed by atoms with van der Waals surface area (Å²) in [6.45, 7) is 14.4. The second kappa shape index (κ2) is 7.80. The minimum atomic E-state index is -0.556. The molecule has 0 amide bonds. The van der Waals surface area contributed by atoms with Gasteiger partial charge in [-0.15, -0.1) is 0 Å². The number of rotatable bonds is 5. The molecule has 0 aromatic heterocycles. The summed E-state index contributed by atoms with van der Waals surface area (Å²) in [5, 5.41) is 3.14. The third-order valence-corrected chi connectivity index (χ3v) is 5.10. The average Bonchev–Trinajstić information content (AvgIpc) is 2.64. The molecule has 0 aliphatic carbocycles. The first-order chi connectivity index (χ1) is 12.7. The van der Waals surface area contributed by atoms with E-state index in [4.69, 9.17) is 18.9 Å². The average molecular weight is 376 g/mol. The first-order valence-corrected chi connectivity index (χ1v) is 9.52. The number of nitrogens with zero attached hydrogens (tertiary/aromatic N) is 1. The van der Waals surface area contributed by atoms with Crippen LogP contribution in [0.5, 0.6) is 0 Å². The van der Waals surface area contributed by atoms with Crippen molar-refractivity contribution in [2.24, 2.45) is 0 Å². The van der Waals surface area contributed by atoms with Gasteiger partial charge in [0.05, 0.1) is 38.5 Å². The fraction of sp³-hybridized carbons (Fsp3) is 0.619. The highest BCUT2D eigenvalue weighted by molar-refractivity contribution is 5.64. The van der Waals surface area contributed by atoms with Crippen LogP contribution >= 0.6 is 0 Å². The van der Waals surface area contributed by atoms with Crippen molar-refractivity contribution < 1.29 is 18.9 Å². The quantitative estimate of drug-likeness (QED) is 0.851. The second-order valence-corrected chi connectivity index (χ2v) is 8.03. The molecule has 0 atom stereocenters. The van der Waals surface area contributed by atoms with Crippen molar-refractivity contribution in [1.82, 2.24) is 4.90 Å². The van der Waals surface area contributed by atoms with Gasteiger partial charge in [0.15, 0.2) is 11.6 Å². The van der Waals surface area contributed by atoms with Gasteiger partial charge in [-0.25, -0.2) is 0 Å². The smallest absolute Gasteiger partial charge is 0.162 e. The van der Waals surface area contributed by atoms with E-state index in [9.17, 15) is 0 Å². The number of anilines is 1. The van der Waals surface area contributed by atoms with Crippen LogP contribution in [0.1, 0.15) is 33.3 Å². The Bertz CT molecular complexity index is 609. The molecule has 27 heavy (non-hydrogen) atoms. The van der Waals surface area contributed by atoms with E-state index in [1.807, 2.05) is 46.9 Å². The topological polar surface area (TPSA) is 52.2 Å². The molecule has 2 saturated heterocycles. The summed E-state index contributed by atoms with van der Waals surface area (Å²) < 4.78 is 23.7. The highest BCUT2D eigenvalue weighted by Gasteiger charge is 2.39. The van der Waals surface area contributed by atoms with E-state index in [0.29, 0.717) is 26.4 Å². The molecule has 2 fully saturated rings. The van der Waals surface area contributed by atoms with E-state index in [2.05, 4.69) is 28.9 Å². The number of hydrogen-bond acceptors (Lipinski definition) is 6. The van der Waals surface area contributed by atoms with E-state index in [0.717, 1.165) is 16.9 Å². The SMILES string of the molecule is C=C(c1ccc(NC)cc1)N(C1COC(C)(C)OC1)C1COC(C)(C)OC1. The van der Waals surface area contributed by atoms with Gasteiger partial charge in [-0.2, -0.15) is 0 Å². The van der Waals surface area contributed by atoms with Crippen molar-refractivity contribution in [3.8, 4) is 0 Å². The molecule has 0 bridgehead atoms. The molecular weight excluding hydrogens is 344 g/mol. The van der Waals surface area contributed by atoms with Gasteiger partial charge in [0, 0.05) is 18.4 Å². The van der Waals surface area contributed by atoms with E-state index < -0.39 is 11.6 Å². The Balaban J connectivity index is 1.81. The van der Waals surface area contributed by atoms with Crippen LogP contribution in [0.4, 0.5) is 5.69 Å². The summed E-state index contributed by atoms with van der Waals surface area (Å²) in [5.74, 6) is -1.11. The van der Waals surface area contributed by atoms with Crippen molar-refractivity contribution in [1.29, 1.82) is 0 Å². The molecule has 6 heteroatoms. The van der Waals surface area contributed by atoms with Crippen LogP contribution < -0.4 is 5.32 Å². The number of ether oxygens (including phenoxy) is 4. The van der Waals surface area contributed by atoms with Gasteiger partial charge in [0.25, 0.3) is 0 Å². The van der Waals surface area contributed by atoms with Crippen LogP contribution in [-0.2, 0) is 18.9 Å². The van der Waals surface area contributed by atoms with E-state index in [1.165, 1.54) is 0 Å². The van der Waals surface area contributed by atoms with Crippen LogP contribution in [0.25, 0.3) is 5.70 Å². The lowest BCUT2D eigenvalue weighted by Gasteiger charge is -2.48. The standard InChI is InChI=1S/C21H32N2O4/c1-15(16-7-9-17(22-6)10-8-16)23(18-11-24-20(2,3)25-12-18)19-13-26-21(4,5)27-14-19/h7-10,18-19,22H,1,11-14H2,2-6H3. The van der Waals surface area contributed by atoms with Crippen LogP contribution in [0.15, 0.2) is 30.8 Å². The zero-order valence-electron chi connectivity index (χ0n) is 17.1. The van der Waals surface area contributed by atoms with E-state index in [1.54, 1.807) is 0 Å². The molecule has 6 nitrogen and oxygen atoms in total. The Labute approximate surface area is 162 Å². The summed E-state index contributed by atoms with van der Waals surface area (Å²) in [6, 6.07) is 8.34. The first-order valence-electron chi connectivity index (χ1n) is 9.52. The summed E-state index contributed by atoms with van der Waals surface area (Å²) in [4.78, 5) is 2.25. The second-order valence-electron chi connectivity index (χ2n) is 8.03. The van der Waals surface area contributed by atoms with Gasteiger partial charge in [-0.05, 0) is 45.4 Å². The molecule has 0 saturated carbocycles. The fourth-order valence-electron chi connectivity index (χ4n) is 3.41. The number of benzene rings is 1. The van der Waals surface area contributed by atoms with Gasteiger partial charge in [-0.3, -0.25) is 0 Å². The maximum Gasteiger partial charge on any atom is 0.162 e. The van der Waals surface area contributed by atoms with Gasteiger partial charge in [0.2, 0.25) is 0 Å². The van der Waals surface area contributed by atoms with Crippen LogP contribution in [-0.4, -0.2) is 62.0 Å². The minimum Gasteiger partial charge on any atom is -0.388 e. The lowest BCUT2D eigenvalue weighted by Crippen LogP contribution is -2.57. The monoisotopic (exact) mass is 376 g/mol. The van der Waals surface area contributed by atoms with Crippen molar-refractivity contribution in [2.75, 3.05) is 38.8 Å². The van der Waals surface area contributed by atoms with Crippen molar-refractivity contribution >= 4 is 11.4 Å². The molecule has 150 valence electrons. The van der Waals surface area contributed by atoms with Gasteiger partial charge in [-0.1, -0.05) is 18.7 Å².